The lowest BCUT2D eigenvalue weighted by Gasteiger charge is -2.27. The van der Waals surface area contributed by atoms with Crippen molar-refractivity contribution in [2.45, 2.75) is 38.6 Å². The maximum Gasteiger partial charge on any atom is 0.241 e. The third-order valence-corrected chi connectivity index (χ3v) is 6.82. The van der Waals surface area contributed by atoms with Crippen LogP contribution in [-0.2, 0) is 14.8 Å². The SMILES string of the molecule is Cc1c(Cl)cccc1N(CC(=O)NC1CC2CCC1C2)S(C)(=O)=O. The first-order valence-electron chi connectivity index (χ1n) is 8.28. The molecular weight excluding hydrogens is 348 g/mol. The zero-order chi connectivity index (χ0) is 17.5. The second-order valence-electron chi connectivity index (χ2n) is 7.00. The summed E-state index contributed by atoms with van der Waals surface area (Å²) in [5, 5.41) is 3.52. The van der Waals surface area contributed by atoms with Gasteiger partial charge < -0.3 is 5.32 Å². The quantitative estimate of drug-likeness (QED) is 0.866. The van der Waals surface area contributed by atoms with Gasteiger partial charge in [0.15, 0.2) is 0 Å². The molecule has 2 aliphatic carbocycles. The number of carbonyl (C=O) groups excluding carboxylic acids is 1. The minimum atomic E-state index is -3.58. The predicted octanol–water partition coefficient (Wildman–Crippen LogP) is 2.72. The van der Waals surface area contributed by atoms with Crippen molar-refractivity contribution in [3.8, 4) is 0 Å². The number of amides is 1. The number of nitrogens with one attached hydrogen (secondary N) is 1. The Labute approximate surface area is 148 Å². The fraction of sp³-hybridized carbons (Fsp3) is 0.588. The molecule has 1 aromatic rings. The van der Waals surface area contributed by atoms with Crippen molar-refractivity contribution in [3.05, 3.63) is 28.8 Å². The Bertz CT molecular complexity index is 750. The molecule has 0 saturated heterocycles. The molecule has 7 heteroatoms. The summed E-state index contributed by atoms with van der Waals surface area (Å²) in [5.41, 5.74) is 1.10. The molecule has 1 amide bonds. The number of anilines is 1. The molecule has 24 heavy (non-hydrogen) atoms. The average molecular weight is 371 g/mol. The van der Waals surface area contributed by atoms with Gasteiger partial charge in [0.05, 0.1) is 11.9 Å². The van der Waals surface area contributed by atoms with E-state index >= 15 is 0 Å². The second kappa shape index (κ2) is 6.56. The van der Waals surface area contributed by atoms with E-state index in [9.17, 15) is 13.2 Å². The summed E-state index contributed by atoms with van der Waals surface area (Å²) in [6.45, 7) is 1.54. The summed E-state index contributed by atoms with van der Waals surface area (Å²) in [6, 6.07) is 5.26. The van der Waals surface area contributed by atoms with E-state index in [2.05, 4.69) is 5.32 Å². The highest BCUT2D eigenvalue weighted by Gasteiger charge is 2.40. The molecule has 2 bridgehead atoms. The normalized spacial score (nSPS) is 25.7. The largest absolute Gasteiger partial charge is 0.352 e. The molecule has 0 aromatic heterocycles. The summed E-state index contributed by atoms with van der Waals surface area (Å²) in [6.07, 6.45) is 5.74. The number of nitrogens with zero attached hydrogens (tertiary/aromatic N) is 1. The molecule has 2 saturated carbocycles. The first kappa shape index (κ1) is 17.5. The molecule has 0 heterocycles. The van der Waals surface area contributed by atoms with Gasteiger partial charge >= 0.3 is 0 Å². The van der Waals surface area contributed by atoms with Crippen LogP contribution in [0.5, 0.6) is 0 Å². The van der Waals surface area contributed by atoms with Crippen LogP contribution in [0.25, 0.3) is 0 Å². The van der Waals surface area contributed by atoms with Crippen molar-refractivity contribution in [2.75, 3.05) is 17.1 Å². The van der Waals surface area contributed by atoms with Crippen LogP contribution in [-0.4, -0.2) is 33.2 Å². The monoisotopic (exact) mass is 370 g/mol. The van der Waals surface area contributed by atoms with E-state index in [0.29, 0.717) is 22.2 Å². The van der Waals surface area contributed by atoms with Crippen LogP contribution in [0.3, 0.4) is 0 Å². The maximum atomic E-state index is 12.5. The minimum Gasteiger partial charge on any atom is -0.352 e. The highest BCUT2D eigenvalue weighted by Crippen LogP contribution is 2.44. The van der Waals surface area contributed by atoms with Gasteiger partial charge in [0.25, 0.3) is 0 Å². The van der Waals surface area contributed by atoms with E-state index in [0.717, 1.165) is 22.9 Å². The van der Waals surface area contributed by atoms with Gasteiger partial charge in [0, 0.05) is 11.1 Å². The van der Waals surface area contributed by atoms with E-state index in [1.165, 1.54) is 19.3 Å². The molecule has 0 spiro atoms. The Morgan fingerprint density at radius 2 is 2.08 bits per heavy atom. The number of benzene rings is 1. The Morgan fingerprint density at radius 1 is 1.33 bits per heavy atom. The van der Waals surface area contributed by atoms with Gasteiger partial charge in [-0.1, -0.05) is 24.1 Å². The topological polar surface area (TPSA) is 66.5 Å². The van der Waals surface area contributed by atoms with Crippen LogP contribution in [0.2, 0.25) is 5.02 Å². The van der Waals surface area contributed by atoms with Crippen molar-refractivity contribution in [1.29, 1.82) is 0 Å². The summed E-state index contributed by atoms with van der Waals surface area (Å²) in [5.74, 6) is 1.03. The van der Waals surface area contributed by atoms with Crippen LogP contribution in [0.15, 0.2) is 18.2 Å². The van der Waals surface area contributed by atoms with E-state index < -0.39 is 10.0 Å². The maximum absolute atomic E-state index is 12.5. The number of hydrogen-bond donors (Lipinski definition) is 1. The molecule has 3 unspecified atom stereocenters. The highest BCUT2D eigenvalue weighted by molar-refractivity contribution is 7.92. The number of hydrogen-bond acceptors (Lipinski definition) is 3. The summed E-state index contributed by atoms with van der Waals surface area (Å²) >= 11 is 6.10. The Morgan fingerprint density at radius 3 is 2.67 bits per heavy atom. The van der Waals surface area contributed by atoms with E-state index in [1.54, 1.807) is 25.1 Å². The highest BCUT2D eigenvalue weighted by atomic mass is 35.5. The molecule has 5 nitrogen and oxygen atoms in total. The second-order valence-corrected chi connectivity index (χ2v) is 9.32. The number of halogens is 1. The van der Waals surface area contributed by atoms with Crippen molar-refractivity contribution < 1.29 is 13.2 Å². The molecule has 2 fully saturated rings. The van der Waals surface area contributed by atoms with E-state index in [4.69, 9.17) is 11.6 Å². The molecule has 3 rings (SSSR count). The Hall–Kier alpha value is -1.27. The third kappa shape index (κ3) is 3.54. The summed E-state index contributed by atoms with van der Waals surface area (Å²) in [4.78, 5) is 12.5. The number of carbonyl (C=O) groups is 1. The number of fused-ring (bicyclic) bond motifs is 2. The lowest BCUT2D eigenvalue weighted by molar-refractivity contribution is -0.120. The van der Waals surface area contributed by atoms with Gasteiger partial charge in [-0.25, -0.2) is 8.42 Å². The molecule has 2 aliphatic rings. The van der Waals surface area contributed by atoms with Crippen molar-refractivity contribution in [1.82, 2.24) is 5.32 Å². The fourth-order valence-electron chi connectivity index (χ4n) is 4.05. The lowest BCUT2D eigenvalue weighted by Crippen LogP contribution is -2.45. The Balaban J connectivity index is 1.75. The first-order chi connectivity index (χ1) is 11.3. The number of rotatable bonds is 5. The van der Waals surface area contributed by atoms with Crippen LogP contribution in [0.4, 0.5) is 5.69 Å². The minimum absolute atomic E-state index is 0.193. The molecule has 132 valence electrons. The summed E-state index contributed by atoms with van der Waals surface area (Å²) in [7, 11) is -3.58. The number of sulfonamides is 1. The molecule has 1 aromatic carbocycles. The van der Waals surface area contributed by atoms with Crippen LogP contribution < -0.4 is 9.62 Å². The Kier molecular flexibility index (Phi) is 4.80. The van der Waals surface area contributed by atoms with Crippen LogP contribution >= 0.6 is 11.6 Å². The van der Waals surface area contributed by atoms with Crippen molar-refractivity contribution in [3.63, 3.8) is 0 Å². The molecule has 1 N–H and O–H groups in total. The van der Waals surface area contributed by atoms with E-state index in [1.807, 2.05) is 0 Å². The molecule has 0 radical (unpaired) electrons. The molecule has 0 aliphatic heterocycles. The van der Waals surface area contributed by atoms with Crippen molar-refractivity contribution >= 4 is 33.2 Å². The van der Waals surface area contributed by atoms with Gasteiger partial charge in [-0.05, 0) is 55.7 Å². The van der Waals surface area contributed by atoms with Gasteiger partial charge in [-0.15, -0.1) is 0 Å². The van der Waals surface area contributed by atoms with E-state index in [-0.39, 0.29) is 18.5 Å². The standard InChI is InChI=1S/C17H23ClN2O3S/c1-11-14(18)4-3-5-16(11)20(24(2,22)23)10-17(21)19-15-9-12-6-7-13(15)8-12/h3-5,12-13,15H,6-10H2,1-2H3,(H,19,21). The fourth-order valence-corrected chi connectivity index (χ4v) is 5.13. The van der Waals surface area contributed by atoms with Gasteiger partial charge in [0.1, 0.15) is 6.54 Å². The zero-order valence-electron chi connectivity index (χ0n) is 14.0. The van der Waals surface area contributed by atoms with Crippen LogP contribution in [0, 0.1) is 18.8 Å². The third-order valence-electron chi connectivity index (χ3n) is 5.28. The van der Waals surface area contributed by atoms with Gasteiger partial charge in [-0.3, -0.25) is 9.10 Å². The average Bonchev–Trinajstić information content (AvgIpc) is 3.09. The molecule has 3 atom stereocenters. The molecular formula is C17H23ClN2O3S. The summed E-state index contributed by atoms with van der Waals surface area (Å²) < 4.78 is 25.5. The van der Waals surface area contributed by atoms with Gasteiger partial charge in [0.2, 0.25) is 15.9 Å². The lowest BCUT2D eigenvalue weighted by atomic mass is 9.95. The van der Waals surface area contributed by atoms with Gasteiger partial charge in [-0.2, -0.15) is 0 Å². The predicted molar refractivity (Wildman–Crippen MR) is 95.8 cm³/mol. The first-order valence-corrected chi connectivity index (χ1v) is 10.5. The van der Waals surface area contributed by atoms with Crippen molar-refractivity contribution in [2.24, 2.45) is 11.8 Å². The smallest absolute Gasteiger partial charge is 0.241 e. The zero-order valence-corrected chi connectivity index (χ0v) is 15.5. The van der Waals surface area contributed by atoms with Crippen LogP contribution in [0.1, 0.15) is 31.2 Å².